The summed E-state index contributed by atoms with van der Waals surface area (Å²) in [5.41, 5.74) is 6.99. The van der Waals surface area contributed by atoms with Crippen molar-refractivity contribution < 1.29 is 13.5 Å². The SMILES string of the molecule is C[C@@H](N)c1ccc(OCc2cccc(F)c2Br)c(F)c1. The predicted octanol–water partition coefficient (Wildman–Crippen LogP) is 4.33. The Morgan fingerprint density at radius 1 is 1.20 bits per heavy atom. The quantitative estimate of drug-likeness (QED) is 0.898. The third-order valence-electron chi connectivity index (χ3n) is 2.90. The van der Waals surface area contributed by atoms with Crippen molar-refractivity contribution in [2.45, 2.75) is 19.6 Å². The third kappa shape index (κ3) is 3.35. The Morgan fingerprint density at radius 3 is 2.60 bits per heavy atom. The maximum absolute atomic E-state index is 13.8. The maximum Gasteiger partial charge on any atom is 0.165 e. The molecule has 5 heteroatoms. The zero-order valence-corrected chi connectivity index (χ0v) is 12.5. The van der Waals surface area contributed by atoms with E-state index in [-0.39, 0.29) is 24.2 Å². The van der Waals surface area contributed by atoms with Crippen molar-refractivity contribution in [3.8, 4) is 5.75 Å². The Hall–Kier alpha value is -1.46. The van der Waals surface area contributed by atoms with Gasteiger partial charge in [0, 0.05) is 11.6 Å². The van der Waals surface area contributed by atoms with Gasteiger partial charge in [0.25, 0.3) is 0 Å². The van der Waals surface area contributed by atoms with E-state index in [1.54, 1.807) is 25.1 Å². The molecule has 106 valence electrons. The van der Waals surface area contributed by atoms with E-state index >= 15 is 0 Å². The van der Waals surface area contributed by atoms with Gasteiger partial charge < -0.3 is 10.5 Å². The summed E-state index contributed by atoms with van der Waals surface area (Å²) in [5.74, 6) is -0.739. The van der Waals surface area contributed by atoms with E-state index in [0.717, 1.165) is 0 Å². The number of benzene rings is 2. The number of ether oxygens (including phenoxy) is 1. The van der Waals surface area contributed by atoms with Gasteiger partial charge in [-0.2, -0.15) is 0 Å². The molecule has 0 aliphatic heterocycles. The topological polar surface area (TPSA) is 35.2 Å². The second kappa shape index (κ2) is 6.33. The molecule has 2 rings (SSSR count). The lowest BCUT2D eigenvalue weighted by atomic mass is 10.1. The lowest BCUT2D eigenvalue weighted by Gasteiger charge is -2.11. The molecule has 0 heterocycles. The van der Waals surface area contributed by atoms with Crippen LogP contribution in [0.5, 0.6) is 5.75 Å². The monoisotopic (exact) mass is 341 g/mol. The second-order valence-corrected chi connectivity index (χ2v) is 5.27. The Balaban J connectivity index is 2.13. The molecule has 0 aliphatic carbocycles. The molecule has 0 aromatic heterocycles. The van der Waals surface area contributed by atoms with Crippen molar-refractivity contribution in [2.24, 2.45) is 5.73 Å². The molecule has 2 aromatic carbocycles. The molecule has 0 spiro atoms. The van der Waals surface area contributed by atoms with Crippen LogP contribution in [-0.4, -0.2) is 0 Å². The fourth-order valence-electron chi connectivity index (χ4n) is 1.73. The number of rotatable bonds is 4. The Morgan fingerprint density at radius 2 is 1.95 bits per heavy atom. The minimum atomic E-state index is -0.479. The third-order valence-corrected chi connectivity index (χ3v) is 3.78. The van der Waals surface area contributed by atoms with Crippen LogP contribution in [0.3, 0.4) is 0 Å². The van der Waals surface area contributed by atoms with E-state index in [1.165, 1.54) is 18.2 Å². The fraction of sp³-hybridized carbons (Fsp3) is 0.200. The minimum absolute atomic E-state index is 0.0762. The molecule has 0 bridgehead atoms. The van der Waals surface area contributed by atoms with Gasteiger partial charge in [0.1, 0.15) is 12.4 Å². The molecule has 1 atom stereocenters. The van der Waals surface area contributed by atoms with Crippen LogP contribution in [0.2, 0.25) is 0 Å². The predicted molar refractivity (Wildman–Crippen MR) is 77.4 cm³/mol. The molecular weight excluding hydrogens is 328 g/mol. The zero-order chi connectivity index (χ0) is 14.7. The first-order valence-electron chi connectivity index (χ1n) is 6.09. The summed E-state index contributed by atoms with van der Waals surface area (Å²) < 4.78 is 32.9. The van der Waals surface area contributed by atoms with Gasteiger partial charge in [-0.25, -0.2) is 8.78 Å². The molecule has 2 nitrogen and oxygen atoms in total. The van der Waals surface area contributed by atoms with Crippen LogP contribution in [0, 0.1) is 11.6 Å². The van der Waals surface area contributed by atoms with Crippen molar-refractivity contribution in [1.29, 1.82) is 0 Å². The lowest BCUT2D eigenvalue weighted by molar-refractivity contribution is 0.288. The average molecular weight is 342 g/mol. The molecule has 0 saturated carbocycles. The molecule has 0 amide bonds. The van der Waals surface area contributed by atoms with E-state index < -0.39 is 5.82 Å². The molecule has 0 aliphatic rings. The molecule has 0 radical (unpaired) electrons. The van der Waals surface area contributed by atoms with Crippen LogP contribution in [0.15, 0.2) is 40.9 Å². The van der Waals surface area contributed by atoms with Gasteiger partial charge in [-0.1, -0.05) is 18.2 Å². The highest BCUT2D eigenvalue weighted by molar-refractivity contribution is 9.10. The van der Waals surface area contributed by atoms with E-state index in [4.69, 9.17) is 10.5 Å². The lowest BCUT2D eigenvalue weighted by Crippen LogP contribution is -2.06. The van der Waals surface area contributed by atoms with Gasteiger partial charge in [-0.15, -0.1) is 0 Å². The molecule has 2 N–H and O–H groups in total. The standard InChI is InChI=1S/C15H14BrF2NO/c1-9(19)10-5-6-14(13(18)7-10)20-8-11-3-2-4-12(17)15(11)16/h2-7,9H,8,19H2,1H3/t9-/m1/s1. The number of halogens is 3. The number of nitrogens with two attached hydrogens (primary N) is 1. The number of hydrogen-bond donors (Lipinski definition) is 1. The normalized spacial score (nSPS) is 12.2. The van der Waals surface area contributed by atoms with Crippen LogP contribution < -0.4 is 10.5 Å². The second-order valence-electron chi connectivity index (χ2n) is 4.48. The summed E-state index contributed by atoms with van der Waals surface area (Å²) >= 11 is 3.14. The van der Waals surface area contributed by atoms with E-state index in [0.29, 0.717) is 15.6 Å². The van der Waals surface area contributed by atoms with Crippen molar-refractivity contribution in [3.05, 3.63) is 63.6 Å². The highest BCUT2D eigenvalue weighted by atomic mass is 79.9. The first-order chi connectivity index (χ1) is 9.49. The molecular formula is C15H14BrF2NO. The largest absolute Gasteiger partial charge is 0.486 e. The summed E-state index contributed by atoms with van der Waals surface area (Å²) in [6.07, 6.45) is 0. The average Bonchev–Trinajstić information content (AvgIpc) is 2.41. The van der Waals surface area contributed by atoms with Crippen molar-refractivity contribution >= 4 is 15.9 Å². The Labute approximate surface area is 124 Å². The molecule has 0 fully saturated rings. The van der Waals surface area contributed by atoms with Crippen LogP contribution in [-0.2, 0) is 6.61 Å². The van der Waals surface area contributed by atoms with Crippen molar-refractivity contribution in [3.63, 3.8) is 0 Å². The summed E-state index contributed by atoms with van der Waals surface area (Å²) in [5, 5.41) is 0. The molecule has 20 heavy (non-hydrogen) atoms. The Kier molecular flexibility index (Phi) is 4.73. The van der Waals surface area contributed by atoms with Crippen molar-refractivity contribution in [2.75, 3.05) is 0 Å². The van der Waals surface area contributed by atoms with Crippen LogP contribution in [0.1, 0.15) is 24.1 Å². The first kappa shape index (κ1) is 14.9. The van der Waals surface area contributed by atoms with E-state index in [9.17, 15) is 8.78 Å². The minimum Gasteiger partial charge on any atom is -0.486 e. The summed E-state index contributed by atoms with van der Waals surface area (Å²) in [4.78, 5) is 0. The highest BCUT2D eigenvalue weighted by Crippen LogP contribution is 2.25. The number of hydrogen-bond acceptors (Lipinski definition) is 2. The van der Waals surface area contributed by atoms with E-state index in [2.05, 4.69) is 15.9 Å². The van der Waals surface area contributed by atoms with Crippen molar-refractivity contribution in [1.82, 2.24) is 0 Å². The van der Waals surface area contributed by atoms with Crippen LogP contribution in [0.4, 0.5) is 8.78 Å². The van der Waals surface area contributed by atoms with Gasteiger partial charge >= 0.3 is 0 Å². The first-order valence-corrected chi connectivity index (χ1v) is 6.89. The molecule has 0 unspecified atom stereocenters. The zero-order valence-electron chi connectivity index (χ0n) is 10.9. The fourth-order valence-corrected chi connectivity index (χ4v) is 2.11. The van der Waals surface area contributed by atoms with Gasteiger partial charge in [0.15, 0.2) is 11.6 Å². The van der Waals surface area contributed by atoms with Crippen LogP contribution >= 0.6 is 15.9 Å². The van der Waals surface area contributed by atoms with Gasteiger partial charge in [-0.05, 0) is 46.6 Å². The Bertz CT molecular complexity index is 617. The smallest absolute Gasteiger partial charge is 0.165 e. The molecule has 2 aromatic rings. The summed E-state index contributed by atoms with van der Waals surface area (Å²) in [7, 11) is 0. The van der Waals surface area contributed by atoms with Gasteiger partial charge in [0.2, 0.25) is 0 Å². The highest BCUT2D eigenvalue weighted by Gasteiger charge is 2.10. The van der Waals surface area contributed by atoms with Gasteiger partial charge in [0.05, 0.1) is 4.47 Å². The van der Waals surface area contributed by atoms with Crippen LogP contribution in [0.25, 0.3) is 0 Å². The summed E-state index contributed by atoms with van der Waals surface area (Å²) in [6, 6.07) is 8.98. The molecule has 0 saturated heterocycles. The van der Waals surface area contributed by atoms with Gasteiger partial charge in [-0.3, -0.25) is 0 Å². The summed E-state index contributed by atoms with van der Waals surface area (Å²) in [6.45, 7) is 1.85. The van der Waals surface area contributed by atoms with E-state index in [1.807, 2.05) is 0 Å². The maximum atomic E-state index is 13.8.